The molecule has 0 atom stereocenters. The standard InChI is InChI=1S/C15H16FNO3S/c1-10-7-11(2)15(14(8-10)20-3)21(18,19)17-13-6-4-5-12(16)9-13/h4-9,17H,1-3H3. The van der Waals surface area contributed by atoms with E-state index in [9.17, 15) is 12.8 Å². The Morgan fingerprint density at radius 3 is 2.48 bits per heavy atom. The van der Waals surface area contributed by atoms with Gasteiger partial charge in [0.05, 0.1) is 12.8 Å². The van der Waals surface area contributed by atoms with Gasteiger partial charge in [-0.3, -0.25) is 4.72 Å². The van der Waals surface area contributed by atoms with Crippen molar-refractivity contribution in [3.05, 3.63) is 53.3 Å². The molecule has 0 aliphatic rings. The summed E-state index contributed by atoms with van der Waals surface area (Å²) in [7, 11) is -2.45. The fourth-order valence-electron chi connectivity index (χ4n) is 2.17. The quantitative estimate of drug-likeness (QED) is 0.943. The fourth-order valence-corrected chi connectivity index (χ4v) is 3.60. The van der Waals surface area contributed by atoms with Crippen LogP contribution in [0.1, 0.15) is 11.1 Å². The minimum Gasteiger partial charge on any atom is -0.495 e. The molecule has 0 saturated carbocycles. The van der Waals surface area contributed by atoms with E-state index in [4.69, 9.17) is 4.74 Å². The molecular formula is C15H16FNO3S. The molecule has 0 radical (unpaired) electrons. The summed E-state index contributed by atoms with van der Waals surface area (Å²) in [5.74, 6) is -0.251. The molecule has 2 rings (SSSR count). The summed E-state index contributed by atoms with van der Waals surface area (Å²) in [5, 5.41) is 0. The van der Waals surface area contributed by atoms with Crippen molar-refractivity contribution in [2.45, 2.75) is 18.7 Å². The number of halogens is 1. The number of anilines is 1. The molecular weight excluding hydrogens is 293 g/mol. The lowest BCUT2D eigenvalue weighted by Gasteiger charge is -2.15. The molecule has 0 aliphatic heterocycles. The van der Waals surface area contributed by atoms with E-state index in [1.165, 1.54) is 25.3 Å². The molecule has 0 spiro atoms. The number of methoxy groups -OCH3 is 1. The van der Waals surface area contributed by atoms with E-state index in [2.05, 4.69) is 4.72 Å². The number of aryl methyl sites for hydroxylation is 2. The Labute approximate surface area is 123 Å². The van der Waals surface area contributed by atoms with E-state index in [1.54, 1.807) is 19.1 Å². The van der Waals surface area contributed by atoms with E-state index in [0.717, 1.165) is 11.6 Å². The van der Waals surface area contributed by atoms with Gasteiger partial charge in [0.2, 0.25) is 0 Å². The van der Waals surface area contributed by atoms with Crippen LogP contribution < -0.4 is 9.46 Å². The van der Waals surface area contributed by atoms with Gasteiger partial charge in [0.15, 0.2) is 0 Å². The van der Waals surface area contributed by atoms with E-state index in [1.807, 2.05) is 6.92 Å². The van der Waals surface area contributed by atoms with Gasteiger partial charge in [-0.1, -0.05) is 12.1 Å². The molecule has 0 aromatic heterocycles. The van der Waals surface area contributed by atoms with Gasteiger partial charge >= 0.3 is 0 Å². The zero-order chi connectivity index (χ0) is 15.6. The summed E-state index contributed by atoms with van der Waals surface area (Å²) in [6.45, 7) is 3.54. The molecule has 1 N–H and O–H groups in total. The Morgan fingerprint density at radius 2 is 1.86 bits per heavy atom. The average molecular weight is 309 g/mol. The molecule has 0 saturated heterocycles. The Bertz CT molecular complexity index is 772. The number of hydrogen-bond donors (Lipinski definition) is 1. The third kappa shape index (κ3) is 3.33. The Hall–Kier alpha value is -2.08. The van der Waals surface area contributed by atoms with Crippen LogP contribution >= 0.6 is 0 Å². The van der Waals surface area contributed by atoms with Crippen molar-refractivity contribution in [3.8, 4) is 5.75 Å². The van der Waals surface area contributed by atoms with Crippen molar-refractivity contribution in [1.82, 2.24) is 0 Å². The van der Waals surface area contributed by atoms with Crippen molar-refractivity contribution in [2.75, 3.05) is 11.8 Å². The molecule has 112 valence electrons. The summed E-state index contributed by atoms with van der Waals surface area (Å²) in [4.78, 5) is 0.0554. The Morgan fingerprint density at radius 1 is 1.14 bits per heavy atom. The van der Waals surface area contributed by atoms with Crippen LogP contribution in [0, 0.1) is 19.7 Å². The second kappa shape index (κ2) is 5.73. The summed E-state index contributed by atoms with van der Waals surface area (Å²) in [6.07, 6.45) is 0. The molecule has 2 aromatic rings. The highest BCUT2D eigenvalue weighted by Crippen LogP contribution is 2.30. The first-order chi connectivity index (χ1) is 9.83. The van der Waals surface area contributed by atoms with Crippen LogP contribution in [0.3, 0.4) is 0 Å². The lowest BCUT2D eigenvalue weighted by Crippen LogP contribution is -2.15. The number of benzene rings is 2. The second-order valence-electron chi connectivity index (χ2n) is 4.73. The van der Waals surface area contributed by atoms with Crippen molar-refractivity contribution < 1.29 is 17.5 Å². The maximum Gasteiger partial charge on any atom is 0.265 e. The van der Waals surface area contributed by atoms with Crippen LogP contribution in [0.2, 0.25) is 0 Å². The lowest BCUT2D eigenvalue weighted by molar-refractivity contribution is 0.402. The van der Waals surface area contributed by atoms with Gasteiger partial charge in [-0.2, -0.15) is 0 Å². The largest absolute Gasteiger partial charge is 0.495 e. The molecule has 0 aliphatic carbocycles. The van der Waals surface area contributed by atoms with Gasteiger partial charge in [0.1, 0.15) is 16.5 Å². The molecule has 0 unspecified atom stereocenters. The maximum atomic E-state index is 13.2. The van der Waals surface area contributed by atoms with Gasteiger partial charge in [-0.15, -0.1) is 0 Å². The number of hydrogen-bond acceptors (Lipinski definition) is 3. The minimum absolute atomic E-state index is 0.0554. The molecule has 6 heteroatoms. The molecule has 0 heterocycles. The van der Waals surface area contributed by atoms with Crippen LogP contribution in [0.4, 0.5) is 10.1 Å². The molecule has 0 bridgehead atoms. The van der Waals surface area contributed by atoms with Crippen molar-refractivity contribution in [3.63, 3.8) is 0 Å². The zero-order valence-electron chi connectivity index (χ0n) is 12.0. The van der Waals surface area contributed by atoms with E-state index < -0.39 is 15.8 Å². The normalized spacial score (nSPS) is 11.2. The highest BCUT2D eigenvalue weighted by Gasteiger charge is 2.22. The minimum atomic E-state index is -3.86. The van der Waals surface area contributed by atoms with E-state index in [0.29, 0.717) is 5.56 Å². The van der Waals surface area contributed by atoms with Crippen LogP contribution in [-0.4, -0.2) is 15.5 Å². The third-order valence-corrected chi connectivity index (χ3v) is 4.52. The van der Waals surface area contributed by atoms with Crippen molar-refractivity contribution in [2.24, 2.45) is 0 Å². The average Bonchev–Trinajstić information content (AvgIpc) is 2.36. The smallest absolute Gasteiger partial charge is 0.265 e. The fraction of sp³-hybridized carbons (Fsp3) is 0.200. The number of nitrogens with one attached hydrogen (secondary N) is 1. The monoisotopic (exact) mass is 309 g/mol. The number of rotatable bonds is 4. The molecule has 21 heavy (non-hydrogen) atoms. The lowest BCUT2D eigenvalue weighted by atomic mass is 10.1. The van der Waals surface area contributed by atoms with Crippen LogP contribution in [-0.2, 0) is 10.0 Å². The summed E-state index contributed by atoms with van der Waals surface area (Å²) >= 11 is 0. The predicted octanol–water partition coefficient (Wildman–Crippen LogP) is 3.25. The molecule has 4 nitrogen and oxygen atoms in total. The number of sulfonamides is 1. The van der Waals surface area contributed by atoms with Crippen molar-refractivity contribution >= 4 is 15.7 Å². The van der Waals surface area contributed by atoms with E-state index >= 15 is 0 Å². The maximum absolute atomic E-state index is 13.2. The second-order valence-corrected chi connectivity index (χ2v) is 6.35. The van der Waals surface area contributed by atoms with Gasteiger partial charge < -0.3 is 4.74 Å². The molecule has 0 fully saturated rings. The zero-order valence-corrected chi connectivity index (χ0v) is 12.8. The van der Waals surface area contributed by atoms with Gasteiger partial charge in [-0.05, 0) is 49.2 Å². The van der Waals surface area contributed by atoms with Gasteiger partial charge in [-0.25, -0.2) is 12.8 Å². The first-order valence-electron chi connectivity index (χ1n) is 6.27. The van der Waals surface area contributed by atoms with Crippen LogP contribution in [0.25, 0.3) is 0 Å². The summed E-state index contributed by atoms with van der Waals surface area (Å²) in [6, 6.07) is 8.68. The SMILES string of the molecule is COc1cc(C)cc(C)c1S(=O)(=O)Nc1cccc(F)c1. The van der Waals surface area contributed by atoms with Crippen LogP contribution in [0.5, 0.6) is 5.75 Å². The number of ether oxygens (including phenoxy) is 1. The van der Waals surface area contributed by atoms with E-state index in [-0.39, 0.29) is 16.3 Å². The molecule has 2 aromatic carbocycles. The Balaban J connectivity index is 2.50. The third-order valence-electron chi connectivity index (χ3n) is 2.95. The van der Waals surface area contributed by atoms with Crippen LogP contribution in [0.15, 0.2) is 41.3 Å². The van der Waals surface area contributed by atoms with Crippen molar-refractivity contribution in [1.29, 1.82) is 0 Å². The highest BCUT2D eigenvalue weighted by molar-refractivity contribution is 7.92. The Kier molecular flexibility index (Phi) is 4.18. The molecule has 0 amide bonds. The topological polar surface area (TPSA) is 55.4 Å². The first-order valence-corrected chi connectivity index (χ1v) is 7.75. The highest BCUT2D eigenvalue weighted by atomic mass is 32.2. The van der Waals surface area contributed by atoms with Gasteiger partial charge in [0.25, 0.3) is 10.0 Å². The van der Waals surface area contributed by atoms with Gasteiger partial charge in [0, 0.05) is 0 Å². The summed E-state index contributed by atoms with van der Waals surface area (Å²) < 4.78 is 45.7. The summed E-state index contributed by atoms with van der Waals surface area (Å²) in [5.41, 5.74) is 1.63. The predicted molar refractivity (Wildman–Crippen MR) is 79.7 cm³/mol. The first kappa shape index (κ1) is 15.3.